The van der Waals surface area contributed by atoms with Gasteiger partial charge in [0.05, 0.1) is 5.56 Å². The van der Waals surface area contributed by atoms with Crippen molar-refractivity contribution >= 4 is 21.5 Å². The number of halogens is 4. The Kier molecular flexibility index (Phi) is 8.17. The lowest BCUT2D eigenvalue weighted by atomic mass is 9.82. The molecule has 12 heteroatoms. The number of aromatic nitrogens is 2. The summed E-state index contributed by atoms with van der Waals surface area (Å²) in [5.74, 6) is -0.850. The van der Waals surface area contributed by atoms with E-state index in [0.717, 1.165) is 18.9 Å². The monoisotopic (exact) mass is 565 g/mol. The van der Waals surface area contributed by atoms with Crippen LogP contribution in [0.25, 0.3) is 0 Å². The van der Waals surface area contributed by atoms with Crippen molar-refractivity contribution < 1.29 is 26.0 Å². The number of benzene rings is 2. The summed E-state index contributed by atoms with van der Waals surface area (Å²) < 4.78 is 83.0. The molecule has 1 fully saturated rings. The van der Waals surface area contributed by atoms with Gasteiger partial charge in [-0.25, -0.2) is 22.8 Å². The van der Waals surface area contributed by atoms with E-state index in [-0.39, 0.29) is 16.9 Å². The van der Waals surface area contributed by atoms with Crippen LogP contribution in [-0.4, -0.2) is 56.0 Å². The Bertz CT molecular complexity index is 1390. The van der Waals surface area contributed by atoms with Gasteiger partial charge in [-0.3, -0.25) is 4.72 Å². The van der Waals surface area contributed by atoms with Gasteiger partial charge in [-0.05, 0) is 82.1 Å². The van der Waals surface area contributed by atoms with Gasteiger partial charge in [0.15, 0.2) is 0 Å². The summed E-state index contributed by atoms with van der Waals surface area (Å²) in [5, 5.41) is 0. The number of anilines is 2. The van der Waals surface area contributed by atoms with Crippen molar-refractivity contribution in [1.29, 1.82) is 0 Å². The van der Waals surface area contributed by atoms with Crippen molar-refractivity contribution in [2.24, 2.45) is 0 Å². The fourth-order valence-corrected chi connectivity index (χ4v) is 6.48. The highest BCUT2D eigenvalue weighted by molar-refractivity contribution is 7.92. The lowest BCUT2D eigenvalue weighted by Gasteiger charge is -2.48. The third-order valence-corrected chi connectivity index (χ3v) is 8.84. The second-order valence-electron chi connectivity index (χ2n) is 10.1. The van der Waals surface area contributed by atoms with E-state index in [1.807, 2.05) is 19.0 Å². The molecule has 4 rings (SSSR count). The van der Waals surface area contributed by atoms with E-state index in [2.05, 4.69) is 19.6 Å². The number of alkyl halides is 3. The maximum Gasteiger partial charge on any atom is 0.416 e. The van der Waals surface area contributed by atoms with E-state index in [1.54, 1.807) is 12.1 Å². The number of likely N-dealkylation sites (N-methyl/N-ethyl adjacent to an activating group) is 1. The summed E-state index contributed by atoms with van der Waals surface area (Å²) in [4.78, 5) is 11.2. The zero-order valence-electron chi connectivity index (χ0n) is 22.0. The molecular formula is C27H31F4N5O2S. The maximum atomic E-state index is 15.3. The molecule has 2 heterocycles. The van der Waals surface area contributed by atoms with Crippen LogP contribution in [0.3, 0.4) is 0 Å². The minimum atomic E-state index is -4.40. The SMILES string of the molecule is Cc1cc(N2CCC[C@](CCc3cccc(C(F)(F)F)c3)(N(C)C)C2)cc(F)c1S(=O)(=O)Nc1ccncn1. The molecule has 0 saturated carbocycles. The van der Waals surface area contributed by atoms with Gasteiger partial charge in [-0.2, -0.15) is 13.2 Å². The summed E-state index contributed by atoms with van der Waals surface area (Å²) in [6.07, 6.45) is 0.831. The summed E-state index contributed by atoms with van der Waals surface area (Å²) in [6, 6.07) is 9.62. The Morgan fingerprint density at radius 3 is 2.56 bits per heavy atom. The molecule has 210 valence electrons. The standard InChI is InChI=1S/C27H31F4N5O2S/c1-19-14-22(16-23(28)25(19)39(37,38)34-24-9-12-32-18-33-24)36-13-5-10-26(17-36,35(2)3)11-8-20-6-4-7-21(15-20)27(29,30)31/h4,6-7,9,12,14-16,18H,5,8,10-11,13,17H2,1-3H3,(H,32,33,34)/t26-/m1/s1. The molecule has 39 heavy (non-hydrogen) atoms. The molecule has 1 aliphatic rings. The van der Waals surface area contributed by atoms with Crippen molar-refractivity contribution in [3.63, 3.8) is 0 Å². The lowest BCUT2D eigenvalue weighted by Crippen LogP contribution is -2.56. The van der Waals surface area contributed by atoms with Crippen molar-refractivity contribution in [3.8, 4) is 0 Å². The number of hydrogen-bond acceptors (Lipinski definition) is 6. The predicted molar refractivity (Wildman–Crippen MR) is 142 cm³/mol. The Labute approximate surface area is 225 Å². The number of nitrogens with one attached hydrogen (secondary N) is 1. The van der Waals surface area contributed by atoms with Gasteiger partial charge >= 0.3 is 6.18 Å². The second-order valence-corrected chi connectivity index (χ2v) is 11.7. The van der Waals surface area contributed by atoms with Gasteiger partial charge in [0.2, 0.25) is 0 Å². The van der Waals surface area contributed by atoms with Crippen molar-refractivity contribution in [3.05, 3.63) is 77.5 Å². The number of rotatable bonds is 8. The zero-order valence-corrected chi connectivity index (χ0v) is 22.8. The summed E-state index contributed by atoms with van der Waals surface area (Å²) in [5.41, 5.74) is 0.374. The highest BCUT2D eigenvalue weighted by Gasteiger charge is 2.38. The molecule has 0 radical (unpaired) electrons. The van der Waals surface area contributed by atoms with Gasteiger partial charge in [-0.1, -0.05) is 18.2 Å². The van der Waals surface area contributed by atoms with Gasteiger partial charge in [0, 0.05) is 30.5 Å². The molecule has 1 aliphatic heterocycles. The predicted octanol–water partition coefficient (Wildman–Crippen LogP) is 5.28. The van der Waals surface area contributed by atoms with Crippen LogP contribution in [0.1, 0.15) is 36.0 Å². The molecular weight excluding hydrogens is 534 g/mol. The summed E-state index contributed by atoms with van der Waals surface area (Å²) >= 11 is 0. The van der Waals surface area contributed by atoms with Crippen LogP contribution in [0.5, 0.6) is 0 Å². The minimum Gasteiger partial charge on any atom is -0.370 e. The fraction of sp³-hybridized carbons (Fsp3) is 0.407. The van der Waals surface area contributed by atoms with E-state index in [4.69, 9.17) is 0 Å². The molecule has 0 spiro atoms. The van der Waals surface area contributed by atoms with Gasteiger partial charge < -0.3 is 9.80 Å². The van der Waals surface area contributed by atoms with E-state index < -0.39 is 32.5 Å². The van der Waals surface area contributed by atoms with Gasteiger partial charge in [-0.15, -0.1) is 0 Å². The van der Waals surface area contributed by atoms with E-state index in [9.17, 15) is 21.6 Å². The van der Waals surface area contributed by atoms with Crippen LogP contribution in [-0.2, 0) is 22.6 Å². The number of aryl methyl sites for hydroxylation is 2. The molecule has 7 nitrogen and oxygen atoms in total. The van der Waals surface area contributed by atoms with Crippen LogP contribution in [0.4, 0.5) is 29.1 Å². The lowest BCUT2D eigenvalue weighted by molar-refractivity contribution is -0.137. The smallest absolute Gasteiger partial charge is 0.370 e. The average Bonchev–Trinajstić information content (AvgIpc) is 2.87. The molecule has 0 bridgehead atoms. The minimum absolute atomic E-state index is 0.0282. The highest BCUT2D eigenvalue weighted by atomic mass is 32.2. The fourth-order valence-electron chi connectivity index (χ4n) is 5.18. The first-order valence-electron chi connectivity index (χ1n) is 12.5. The van der Waals surface area contributed by atoms with E-state index in [0.29, 0.717) is 37.2 Å². The van der Waals surface area contributed by atoms with Crippen molar-refractivity contribution in [1.82, 2.24) is 14.9 Å². The number of sulfonamides is 1. The largest absolute Gasteiger partial charge is 0.416 e. The number of piperidine rings is 1. The molecule has 0 aliphatic carbocycles. The molecule has 1 aromatic heterocycles. The van der Waals surface area contributed by atoms with Crippen molar-refractivity contribution in [2.75, 3.05) is 36.8 Å². The first-order valence-corrected chi connectivity index (χ1v) is 14.0. The molecule has 1 N–H and O–H groups in total. The van der Waals surface area contributed by atoms with Gasteiger partial charge in [0.1, 0.15) is 22.9 Å². The quantitative estimate of drug-likeness (QED) is 0.375. The van der Waals surface area contributed by atoms with E-state index >= 15 is 4.39 Å². The summed E-state index contributed by atoms with van der Waals surface area (Å²) in [6.45, 7) is 2.70. The molecule has 0 unspecified atom stereocenters. The topological polar surface area (TPSA) is 78.4 Å². The number of hydrogen-bond donors (Lipinski definition) is 1. The number of nitrogens with zero attached hydrogens (tertiary/aromatic N) is 4. The van der Waals surface area contributed by atoms with Crippen molar-refractivity contribution in [2.45, 2.75) is 49.2 Å². The van der Waals surface area contributed by atoms with Crippen LogP contribution in [0.15, 0.2) is 59.9 Å². The normalized spacial score (nSPS) is 18.4. The average molecular weight is 566 g/mol. The third kappa shape index (κ3) is 6.50. The van der Waals surface area contributed by atoms with Crippen LogP contribution in [0.2, 0.25) is 0 Å². The van der Waals surface area contributed by atoms with Crippen LogP contribution in [0, 0.1) is 12.7 Å². The van der Waals surface area contributed by atoms with Crippen LogP contribution < -0.4 is 9.62 Å². The zero-order chi connectivity index (χ0) is 28.4. The molecule has 1 saturated heterocycles. The highest BCUT2D eigenvalue weighted by Crippen LogP contribution is 2.36. The molecule has 0 amide bonds. The maximum absolute atomic E-state index is 15.3. The van der Waals surface area contributed by atoms with E-state index in [1.165, 1.54) is 43.7 Å². The Balaban J connectivity index is 1.56. The van der Waals surface area contributed by atoms with Gasteiger partial charge in [0.25, 0.3) is 10.0 Å². The Hall–Kier alpha value is -3.25. The third-order valence-electron chi connectivity index (χ3n) is 7.31. The molecule has 2 aromatic carbocycles. The molecule has 3 aromatic rings. The Morgan fingerprint density at radius 2 is 1.92 bits per heavy atom. The first-order chi connectivity index (χ1) is 18.3. The first kappa shape index (κ1) is 28.8. The second kappa shape index (κ2) is 11.1. The summed E-state index contributed by atoms with van der Waals surface area (Å²) in [7, 11) is -0.353. The van der Waals surface area contributed by atoms with Crippen LogP contribution >= 0.6 is 0 Å². The molecule has 1 atom stereocenters. The Morgan fingerprint density at radius 1 is 1.15 bits per heavy atom.